The zero-order chi connectivity index (χ0) is 17.7. The third kappa shape index (κ3) is 4.19. The van der Waals surface area contributed by atoms with Crippen molar-refractivity contribution in [3.05, 3.63) is 65.7 Å². The van der Waals surface area contributed by atoms with E-state index in [0.717, 1.165) is 12.0 Å². The Labute approximate surface area is 140 Å². The topological polar surface area (TPSA) is 104 Å². The van der Waals surface area contributed by atoms with Gasteiger partial charge < -0.3 is 10.2 Å². The Bertz CT molecular complexity index is 787. The monoisotopic (exact) mass is 349 g/mol. The maximum atomic E-state index is 12.4. The number of carboxylic acid groups (broad SMARTS) is 1. The molecule has 0 aromatic heterocycles. The van der Waals surface area contributed by atoms with E-state index in [4.69, 9.17) is 0 Å². The summed E-state index contributed by atoms with van der Waals surface area (Å²) in [6, 6.07) is 12.5. The molecule has 0 heterocycles. The van der Waals surface area contributed by atoms with E-state index >= 15 is 0 Å². The van der Waals surface area contributed by atoms with E-state index in [1.165, 1.54) is 24.3 Å². The van der Waals surface area contributed by atoms with Gasteiger partial charge in [-0.3, -0.25) is 4.79 Å². The maximum absolute atomic E-state index is 12.4. The molecule has 0 aliphatic rings. The number of sulfonamides is 1. The molecule has 0 radical (unpaired) electrons. The van der Waals surface area contributed by atoms with Gasteiger partial charge in [-0.05, 0) is 29.7 Å². The number of aryl methyl sites for hydroxylation is 1. The molecule has 0 bridgehead atoms. The summed E-state index contributed by atoms with van der Waals surface area (Å²) in [7, 11) is -4.07. The van der Waals surface area contributed by atoms with Crippen molar-refractivity contribution in [2.24, 2.45) is 0 Å². The zero-order valence-electron chi connectivity index (χ0n) is 13.1. The van der Waals surface area contributed by atoms with E-state index in [9.17, 15) is 23.4 Å². The lowest BCUT2D eigenvalue weighted by Gasteiger charge is -2.20. The molecule has 0 spiro atoms. The minimum atomic E-state index is -4.07. The Hall–Kier alpha value is -2.22. The number of benzene rings is 2. The number of carbonyl (C=O) groups is 1. The second-order valence-corrected chi connectivity index (χ2v) is 7.00. The van der Waals surface area contributed by atoms with Crippen molar-refractivity contribution in [3.8, 4) is 0 Å². The fourth-order valence-corrected chi connectivity index (χ4v) is 3.43. The fraction of sp³-hybridized carbons (Fsp3) is 0.235. The second kappa shape index (κ2) is 7.57. The first kappa shape index (κ1) is 18.1. The summed E-state index contributed by atoms with van der Waals surface area (Å²) in [5.41, 5.74) is 1.28. The molecule has 2 aromatic rings. The average molecular weight is 349 g/mol. The van der Waals surface area contributed by atoms with E-state index in [2.05, 4.69) is 4.72 Å². The summed E-state index contributed by atoms with van der Waals surface area (Å²) in [6.45, 7) is 1.94. The summed E-state index contributed by atoms with van der Waals surface area (Å²) in [6.07, 6.45) is -0.744. The van der Waals surface area contributed by atoms with E-state index in [1.807, 2.05) is 6.92 Å². The van der Waals surface area contributed by atoms with Crippen LogP contribution in [-0.2, 0) is 21.2 Å². The number of aliphatic hydroxyl groups is 1. The summed E-state index contributed by atoms with van der Waals surface area (Å²) in [5, 5.41) is 19.5. The van der Waals surface area contributed by atoms with Crippen molar-refractivity contribution in [1.29, 1.82) is 0 Å². The molecule has 2 rings (SSSR count). The Morgan fingerprint density at radius 3 is 2.17 bits per heavy atom. The van der Waals surface area contributed by atoms with E-state index in [0.29, 0.717) is 5.56 Å². The SMILES string of the molecule is CCc1ccc(S(=O)(=O)NC(C(=O)O)C(O)c2ccccc2)cc1. The molecule has 24 heavy (non-hydrogen) atoms. The van der Waals surface area contributed by atoms with Crippen LogP contribution in [0.2, 0.25) is 0 Å². The molecule has 6 nitrogen and oxygen atoms in total. The lowest BCUT2D eigenvalue weighted by Crippen LogP contribution is -2.44. The van der Waals surface area contributed by atoms with E-state index < -0.39 is 28.1 Å². The van der Waals surface area contributed by atoms with Crippen LogP contribution in [0.4, 0.5) is 0 Å². The van der Waals surface area contributed by atoms with E-state index in [-0.39, 0.29) is 4.90 Å². The normalized spacial score (nSPS) is 14.1. The molecule has 0 aliphatic carbocycles. The molecule has 0 aliphatic heterocycles. The van der Waals surface area contributed by atoms with Crippen LogP contribution in [0.1, 0.15) is 24.2 Å². The minimum Gasteiger partial charge on any atom is -0.480 e. The van der Waals surface area contributed by atoms with Crippen LogP contribution < -0.4 is 4.72 Å². The summed E-state index contributed by atoms with van der Waals surface area (Å²) < 4.78 is 26.9. The molecule has 7 heteroatoms. The fourth-order valence-electron chi connectivity index (χ4n) is 2.23. The molecule has 0 fully saturated rings. The van der Waals surface area contributed by atoms with Crippen molar-refractivity contribution in [1.82, 2.24) is 4.72 Å². The van der Waals surface area contributed by atoms with Gasteiger partial charge in [0.05, 0.1) is 4.90 Å². The Morgan fingerprint density at radius 1 is 1.08 bits per heavy atom. The molecule has 2 unspecified atom stereocenters. The average Bonchev–Trinajstić information content (AvgIpc) is 2.59. The van der Waals surface area contributed by atoms with Gasteiger partial charge in [-0.15, -0.1) is 0 Å². The lowest BCUT2D eigenvalue weighted by molar-refractivity contribution is -0.141. The largest absolute Gasteiger partial charge is 0.480 e. The standard InChI is InChI=1S/C17H19NO5S/c1-2-12-8-10-14(11-9-12)24(22,23)18-15(17(20)21)16(19)13-6-4-3-5-7-13/h3-11,15-16,18-19H,2H2,1H3,(H,20,21). The van der Waals surface area contributed by atoms with Crippen LogP contribution in [0.3, 0.4) is 0 Å². The van der Waals surface area contributed by atoms with Gasteiger partial charge in [0, 0.05) is 0 Å². The number of aliphatic hydroxyl groups excluding tert-OH is 1. The van der Waals surface area contributed by atoms with Gasteiger partial charge in [0.15, 0.2) is 0 Å². The van der Waals surface area contributed by atoms with Crippen molar-refractivity contribution in [2.75, 3.05) is 0 Å². The van der Waals surface area contributed by atoms with Gasteiger partial charge in [-0.25, -0.2) is 8.42 Å². The number of aliphatic carboxylic acids is 1. The number of rotatable bonds is 7. The predicted octanol–water partition coefficient (Wildman–Crippen LogP) is 1.71. The minimum absolute atomic E-state index is 0.0498. The summed E-state index contributed by atoms with van der Waals surface area (Å²) in [5.74, 6) is -1.46. The van der Waals surface area contributed by atoms with Gasteiger partial charge in [0.1, 0.15) is 12.1 Å². The molecule has 2 aromatic carbocycles. The molecule has 3 N–H and O–H groups in total. The Balaban J connectivity index is 2.27. The molecule has 128 valence electrons. The molecule has 2 atom stereocenters. The highest BCUT2D eigenvalue weighted by atomic mass is 32.2. The third-order valence-corrected chi connectivity index (χ3v) is 5.10. The van der Waals surface area contributed by atoms with Crippen LogP contribution in [0.25, 0.3) is 0 Å². The smallest absolute Gasteiger partial charge is 0.324 e. The molecule has 0 saturated heterocycles. The van der Waals surface area contributed by atoms with Gasteiger partial charge in [0.2, 0.25) is 10.0 Å². The first-order chi connectivity index (χ1) is 11.3. The van der Waals surface area contributed by atoms with Crippen LogP contribution in [0.5, 0.6) is 0 Å². The van der Waals surface area contributed by atoms with E-state index in [1.54, 1.807) is 30.3 Å². The predicted molar refractivity (Wildman–Crippen MR) is 89.0 cm³/mol. The Morgan fingerprint density at radius 2 is 1.67 bits per heavy atom. The molecule has 0 saturated carbocycles. The zero-order valence-corrected chi connectivity index (χ0v) is 13.9. The summed E-state index contributed by atoms with van der Waals surface area (Å²) >= 11 is 0. The van der Waals surface area contributed by atoms with Crippen LogP contribution in [0.15, 0.2) is 59.5 Å². The number of hydrogen-bond acceptors (Lipinski definition) is 4. The quantitative estimate of drug-likeness (QED) is 0.706. The van der Waals surface area contributed by atoms with Gasteiger partial charge in [-0.2, -0.15) is 4.72 Å². The highest BCUT2D eigenvalue weighted by Crippen LogP contribution is 2.19. The first-order valence-corrected chi connectivity index (χ1v) is 8.90. The second-order valence-electron chi connectivity index (χ2n) is 5.29. The highest BCUT2D eigenvalue weighted by Gasteiger charge is 2.32. The van der Waals surface area contributed by atoms with Crippen LogP contribution in [-0.4, -0.2) is 30.6 Å². The highest BCUT2D eigenvalue weighted by molar-refractivity contribution is 7.89. The van der Waals surface area contributed by atoms with Crippen LogP contribution in [0, 0.1) is 0 Å². The van der Waals surface area contributed by atoms with Gasteiger partial charge in [0.25, 0.3) is 0 Å². The third-order valence-electron chi connectivity index (χ3n) is 3.65. The molecular weight excluding hydrogens is 330 g/mol. The van der Waals surface area contributed by atoms with Crippen molar-refractivity contribution in [2.45, 2.75) is 30.4 Å². The first-order valence-electron chi connectivity index (χ1n) is 7.42. The van der Waals surface area contributed by atoms with Gasteiger partial charge >= 0.3 is 5.97 Å². The summed E-state index contributed by atoms with van der Waals surface area (Å²) in [4.78, 5) is 11.4. The van der Waals surface area contributed by atoms with Crippen LogP contribution >= 0.6 is 0 Å². The molecule has 0 amide bonds. The number of hydrogen-bond donors (Lipinski definition) is 3. The molecular formula is C17H19NO5S. The van der Waals surface area contributed by atoms with Crippen molar-refractivity contribution < 1.29 is 23.4 Å². The maximum Gasteiger partial charge on any atom is 0.324 e. The van der Waals surface area contributed by atoms with Crippen molar-refractivity contribution in [3.63, 3.8) is 0 Å². The number of nitrogens with one attached hydrogen (secondary N) is 1. The Kier molecular flexibility index (Phi) is 5.71. The van der Waals surface area contributed by atoms with Crippen molar-refractivity contribution >= 4 is 16.0 Å². The lowest BCUT2D eigenvalue weighted by atomic mass is 10.0. The number of carboxylic acids is 1. The van der Waals surface area contributed by atoms with Gasteiger partial charge in [-0.1, -0.05) is 49.4 Å².